The zero-order chi connectivity index (χ0) is 12.3. The van der Waals surface area contributed by atoms with Gasteiger partial charge < -0.3 is 15.6 Å². The molecule has 3 nitrogen and oxygen atoms in total. The number of aryl methyl sites for hydroxylation is 1. The molecule has 0 radical (unpaired) electrons. The molecule has 0 saturated heterocycles. The van der Waals surface area contributed by atoms with Gasteiger partial charge in [-0.15, -0.1) is 11.3 Å². The molecule has 1 aromatic carbocycles. The van der Waals surface area contributed by atoms with E-state index < -0.39 is 0 Å². The number of phenolic OH excluding ortho intramolecular Hbond substituents is 1. The van der Waals surface area contributed by atoms with Gasteiger partial charge in [0.2, 0.25) is 0 Å². The summed E-state index contributed by atoms with van der Waals surface area (Å²) in [7, 11) is 0. The first-order valence-electron chi connectivity index (χ1n) is 5.39. The maximum atomic E-state index is 9.53. The average molecular weight is 249 g/mol. The van der Waals surface area contributed by atoms with Gasteiger partial charge in [-0.25, -0.2) is 0 Å². The Balaban J connectivity index is 1.97. The van der Waals surface area contributed by atoms with E-state index in [-0.39, 0.29) is 11.8 Å². The van der Waals surface area contributed by atoms with Gasteiger partial charge in [0.1, 0.15) is 6.61 Å². The molecule has 1 unspecified atom stereocenters. The first-order valence-corrected chi connectivity index (χ1v) is 6.21. The number of hydrogen-bond acceptors (Lipinski definition) is 4. The van der Waals surface area contributed by atoms with Crippen molar-refractivity contribution in [2.24, 2.45) is 5.73 Å². The van der Waals surface area contributed by atoms with Crippen LogP contribution in [0.15, 0.2) is 36.4 Å². The standard InChI is InChI=1S/C13H15NO2S/c1-9-6-7-13(17-9)10(14)8-16-12-5-3-2-4-11(12)15/h2-7,10,15H,8,14H2,1H3. The summed E-state index contributed by atoms with van der Waals surface area (Å²) < 4.78 is 5.49. The molecule has 2 rings (SSSR count). The Morgan fingerprint density at radius 1 is 1.29 bits per heavy atom. The summed E-state index contributed by atoms with van der Waals surface area (Å²) in [4.78, 5) is 2.33. The molecule has 0 aliphatic carbocycles. The van der Waals surface area contributed by atoms with Crippen molar-refractivity contribution in [2.75, 3.05) is 6.61 Å². The SMILES string of the molecule is Cc1ccc(C(N)COc2ccccc2O)s1. The number of thiophene rings is 1. The van der Waals surface area contributed by atoms with Crippen molar-refractivity contribution in [3.8, 4) is 11.5 Å². The molecular weight excluding hydrogens is 234 g/mol. The van der Waals surface area contributed by atoms with Gasteiger partial charge in [0.05, 0.1) is 6.04 Å². The number of benzene rings is 1. The van der Waals surface area contributed by atoms with Crippen LogP contribution >= 0.6 is 11.3 Å². The summed E-state index contributed by atoms with van der Waals surface area (Å²) in [6, 6.07) is 10.8. The summed E-state index contributed by atoms with van der Waals surface area (Å²) in [6.07, 6.45) is 0. The average Bonchev–Trinajstić information content (AvgIpc) is 2.74. The third kappa shape index (κ3) is 2.99. The number of aromatic hydroxyl groups is 1. The van der Waals surface area contributed by atoms with Crippen molar-refractivity contribution in [1.82, 2.24) is 0 Å². The van der Waals surface area contributed by atoms with E-state index in [1.807, 2.05) is 25.1 Å². The Kier molecular flexibility index (Phi) is 3.66. The fourth-order valence-corrected chi connectivity index (χ4v) is 2.36. The summed E-state index contributed by atoms with van der Waals surface area (Å²) in [5, 5.41) is 9.53. The second kappa shape index (κ2) is 5.21. The highest BCUT2D eigenvalue weighted by Gasteiger charge is 2.10. The predicted molar refractivity (Wildman–Crippen MR) is 69.6 cm³/mol. The lowest BCUT2D eigenvalue weighted by Gasteiger charge is -2.12. The van der Waals surface area contributed by atoms with E-state index in [1.165, 1.54) is 4.88 Å². The van der Waals surface area contributed by atoms with Crippen LogP contribution in [0.2, 0.25) is 0 Å². The molecule has 0 amide bonds. The van der Waals surface area contributed by atoms with Crippen LogP contribution in [0.1, 0.15) is 15.8 Å². The van der Waals surface area contributed by atoms with Gasteiger partial charge >= 0.3 is 0 Å². The highest BCUT2D eigenvalue weighted by Crippen LogP contribution is 2.26. The third-order valence-corrected chi connectivity index (χ3v) is 3.54. The van der Waals surface area contributed by atoms with Crippen molar-refractivity contribution in [2.45, 2.75) is 13.0 Å². The molecule has 1 heterocycles. The second-order valence-electron chi connectivity index (χ2n) is 3.83. The summed E-state index contributed by atoms with van der Waals surface area (Å²) in [5.74, 6) is 0.610. The lowest BCUT2D eigenvalue weighted by molar-refractivity contribution is 0.278. The van der Waals surface area contributed by atoms with Gasteiger partial charge in [0.15, 0.2) is 11.5 Å². The van der Waals surface area contributed by atoms with Gasteiger partial charge in [-0.05, 0) is 31.2 Å². The Morgan fingerprint density at radius 2 is 2.06 bits per heavy atom. The van der Waals surface area contributed by atoms with Crippen LogP contribution in [0.4, 0.5) is 0 Å². The molecule has 3 N–H and O–H groups in total. The zero-order valence-electron chi connectivity index (χ0n) is 9.59. The molecule has 0 spiro atoms. The van der Waals surface area contributed by atoms with Crippen molar-refractivity contribution in [3.63, 3.8) is 0 Å². The van der Waals surface area contributed by atoms with E-state index in [2.05, 4.69) is 0 Å². The number of phenols is 1. The first kappa shape index (κ1) is 12.0. The summed E-state index contributed by atoms with van der Waals surface area (Å²) in [5.41, 5.74) is 6.01. The molecule has 2 aromatic rings. The molecule has 0 bridgehead atoms. The van der Waals surface area contributed by atoms with Crippen LogP contribution < -0.4 is 10.5 Å². The van der Waals surface area contributed by atoms with Crippen LogP contribution in [-0.4, -0.2) is 11.7 Å². The smallest absolute Gasteiger partial charge is 0.161 e. The van der Waals surface area contributed by atoms with Gasteiger partial charge in [-0.2, -0.15) is 0 Å². The number of nitrogens with two attached hydrogens (primary N) is 1. The number of hydrogen-bond donors (Lipinski definition) is 2. The van der Waals surface area contributed by atoms with E-state index in [4.69, 9.17) is 10.5 Å². The quantitative estimate of drug-likeness (QED) is 0.876. The molecular formula is C13H15NO2S. The molecule has 0 aliphatic heterocycles. The van der Waals surface area contributed by atoms with Crippen LogP contribution in [-0.2, 0) is 0 Å². The molecule has 17 heavy (non-hydrogen) atoms. The lowest BCUT2D eigenvalue weighted by atomic mass is 10.2. The molecule has 0 fully saturated rings. The summed E-state index contributed by atoms with van der Waals surface area (Å²) >= 11 is 1.67. The molecule has 1 aromatic heterocycles. The lowest BCUT2D eigenvalue weighted by Crippen LogP contribution is -2.17. The maximum absolute atomic E-state index is 9.53. The fourth-order valence-electron chi connectivity index (χ4n) is 1.49. The van der Waals surface area contributed by atoms with E-state index in [0.29, 0.717) is 12.4 Å². The van der Waals surface area contributed by atoms with Crippen molar-refractivity contribution >= 4 is 11.3 Å². The van der Waals surface area contributed by atoms with E-state index in [1.54, 1.807) is 29.5 Å². The van der Waals surface area contributed by atoms with Crippen LogP contribution in [0.5, 0.6) is 11.5 Å². The van der Waals surface area contributed by atoms with Crippen molar-refractivity contribution in [3.05, 3.63) is 46.2 Å². The maximum Gasteiger partial charge on any atom is 0.161 e. The van der Waals surface area contributed by atoms with Gasteiger partial charge in [0.25, 0.3) is 0 Å². The number of ether oxygens (including phenoxy) is 1. The largest absolute Gasteiger partial charge is 0.504 e. The monoisotopic (exact) mass is 249 g/mol. The zero-order valence-corrected chi connectivity index (χ0v) is 10.4. The highest BCUT2D eigenvalue weighted by atomic mass is 32.1. The van der Waals surface area contributed by atoms with Crippen LogP contribution in [0, 0.1) is 6.92 Å². The molecule has 0 saturated carbocycles. The first-order chi connectivity index (χ1) is 8.16. The Morgan fingerprint density at radius 3 is 2.71 bits per heavy atom. The minimum atomic E-state index is -0.159. The molecule has 90 valence electrons. The molecule has 0 aliphatic rings. The van der Waals surface area contributed by atoms with Crippen molar-refractivity contribution < 1.29 is 9.84 Å². The fraction of sp³-hybridized carbons (Fsp3) is 0.231. The second-order valence-corrected chi connectivity index (χ2v) is 5.15. The van der Waals surface area contributed by atoms with Crippen LogP contribution in [0.3, 0.4) is 0 Å². The van der Waals surface area contributed by atoms with E-state index in [9.17, 15) is 5.11 Å². The normalized spacial score (nSPS) is 12.4. The minimum Gasteiger partial charge on any atom is -0.504 e. The Hall–Kier alpha value is -1.52. The van der Waals surface area contributed by atoms with Crippen molar-refractivity contribution in [1.29, 1.82) is 0 Å². The van der Waals surface area contributed by atoms with Gasteiger partial charge in [-0.1, -0.05) is 12.1 Å². The van der Waals surface area contributed by atoms with Gasteiger partial charge in [-0.3, -0.25) is 0 Å². The Bertz CT molecular complexity index is 496. The topological polar surface area (TPSA) is 55.5 Å². The van der Waals surface area contributed by atoms with E-state index in [0.717, 1.165) is 4.88 Å². The third-order valence-electron chi connectivity index (χ3n) is 2.41. The number of rotatable bonds is 4. The Labute approximate surface area is 104 Å². The van der Waals surface area contributed by atoms with Crippen LogP contribution in [0.25, 0.3) is 0 Å². The molecule has 4 heteroatoms. The highest BCUT2D eigenvalue weighted by molar-refractivity contribution is 7.12. The minimum absolute atomic E-state index is 0.141. The predicted octanol–water partition coefficient (Wildman–Crippen LogP) is 2.84. The summed E-state index contributed by atoms with van der Waals surface area (Å²) in [6.45, 7) is 2.41. The van der Waals surface area contributed by atoms with E-state index >= 15 is 0 Å². The van der Waals surface area contributed by atoms with Gasteiger partial charge in [0, 0.05) is 9.75 Å². The molecule has 1 atom stereocenters. The number of para-hydroxylation sites is 2.